The summed E-state index contributed by atoms with van der Waals surface area (Å²) in [6.45, 7) is 13.6. The molecule has 0 fully saturated rings. The number of anilines is 1. The summed E-state index contributed by atoms with van der Waals surface area (Å²) in [5.41, 5.74) is 3.40. The number of amides is 1. The molecule has 1 aromatic carbocycles. The van der Waals surface area contributed by atoms with E-state index in [9.17, 15) is 4.79 Å². The van der Waals surface area contributed by atoms with Crippen molar-refractivity contribution in [1.29, 1.82) is 0 Å². The normalized spacial score (nSPS) is 19.4. The van der Waals surface area contributed by atoms with E-state index in [4.69, 9.17) is 9.47 Å². The first-order valence-corrected chi connectivity index (χ1v) is 10.9. The van der Waals surface area contributed by atoms with E-state index in [0.717, 1.165) is 50.9 Å². The van der Waals surface area contributed by atoms with Crippen molar-refractivity contribution in [2.45, 2.75) is 78.4 Å². The molecule has 0 aromatic heterocycles. The second-order valence-corrected chi connectivity index (χ2v) is 9.03. The smallest absolute Gasteiger partial charge is 0.410 e. The number of ether oxygens (including phenoxy) is 2. The fraction of sp³-hybridized carbons (Fsp3) is 0.696. The standard InChI is InChI=1S/C23H36N2O3/c1-6-8-19-16-25(11-7-2)20-14-17-9-12-24(22(26)28-23(3,4)5)13-10-18(17)15-21(20)27-19/h14-15,19H,6-13,16H2,1-5H3. The van der Waals surface area contributed by atoms with Gasteiger partial charge in [0, 0.05) is 19.6 Å². The second kappa shape index (κ2) is 8.62. The van der Waals surface area contributed by atoms with Gasteiger partial charge in [0.25, 0.3) is 0 Å². The number of benzene rings is 1. The van der Waals surface area contributed by atoms with Crippen LogP contribution in [0.2, 0.25) is 0 Å². The van der Waals surface area contributed by atoms with Gasteiger partial charge in [-0.3, -0.25) is 0 Å². The number of fused-ring (bicyclic) bond motifs is 2. The summed E-state index contributed by atoms with van der Waals surface area (Å²) in [6.07, 6.45) is 5.11. The van der Waals surface area contributed by atoms with Gasteiger partial charge < -0.3 is 19.3 Å². The van der Waals surface area contributed by atoms with Crippen molar-refractivity contribution in [3.8, 4) is 5.75 Å². The van der Waals surface area contributed by atoms with Gasteiger partial charge in [-0.05, 0) is 69.7 Å². The van der Waals surface area contributed by atoms with Crippen LogP contribution in [0.3, 0.4) is 0 Å². The van der Waals surface area contributed by atoms with Crippen molar-refractivity contribution >= 4 is 11.8 Å². The van der Waals surface area contributed by atoms with Gasteiger partial charge in [0.1, 0.15) is 17.5 Å². The zero-order chi connectivity index (χ0) is 20.3. The molecule has 0 N–H and O–H groups in total. The number of hydrogen-bond acceptors (Lipinski definition) is 4. The summed E-state index contributed by atoms with van der Waals surface area (Å²) in [5, 5.41) is 0. The quantitative estimate of drug-likeness (QED) is 0.743. The zero-order valence-electron chi connectivity index (χ0n) is 18.2. The average Bonchev–Trinajstić information content (AvgIpc) is 2.81. The average molecular weight is 389 g/mol. The third-order valence-corrected chi connectivity index (χ3v) is 5.40. The minimum Gasteiger partial charge on any atom is -0.486 e. The molecule has 28 heavy (non-hydrogen) atoms. The van der Waals surface area contributed by atoms with Crippen LogP contribution in [0.5, 0.6) is 5.75 Å². The molecule has 5 nitrogen and oxygen atoms in total. The van der Waals surface area contributed by atoms with Crippen LogP contribution < -0.4 is 9.64 Å². The van der Waals surface area contributed by atoms with Gasteiger partial charge in [-0.25, -0.2) is 4.79 Å². The van der Waals surface area contributed by atoms with Crippen LogP contribution in [0.1, 0.15) is 65.0 Å². The van der Waals surface area contributed by atoms with Gasteiger partial charge in [-0.15, -0.1) is 0 Å². The first-order valence-electron chi connectivity index (χ1n) is 10.9. The van der Waals surface area contributed by atoms with Gasteiger partial charge in [-0.2, -0.15) is 0 Å². The first-order chi connectivity index (χ1) is 13.3. The number of carbonyl (C=O) groups is 1. The molecule has 1 unspecified atom stereocenters. The minimum atomic E-state index is -0.460. The van der Waals surface area contributed by atoms with Crippen LogP contribution in [0.4, 0.5) is 10.5 Å². The van der Waals surface area contributed by atoms with E-state index in [-0.39, 0.29) is 12.2 Å². The van der Waals surface area contributed by atoms with E-state index in [1.54, 1.807) is 0 Å². The van der Waals surface area contributed by atoms with Gasteiger partial charge >= 0.3 is 6.09 Å². The van der Waals surface area contributed by atoms with Gasteiger partial charge in [-0.1, -0.05) is 20.3 Å². The Labute approximate surface area is 170 Å². The highest BCUT2D eigenvalue weighted by Crippen LogP contribution is 2.38. The molecule has 0 saturated heterocycles. The molecule has 2 heterocycles. The molecule has 3 rings (SSSR count). The fourth-order valence-corrected chi connectivity index (χ4v) is 4.11. The predicted octanol–water partition coefficient (Wildman–Crippen LogP) is 4.80. The summed E-state index contributed by atoms with van der Waals surface area (Å²) >= 11 is 0. The lowest BCUT2D eigenvalue weighted by molar-refractivity contribution is 0.0258. The van der Waals surface area contributed by atoms with Gasteiger partial charge in [0.2, 0.25) is 0 Å². The highest BCUT2D eigenvalue weighted by atomic mass is 16.6. The molecule has 0 aliphatic carbocycles. The molecule has 1 atom stereocenters. The molecule has 2 aliphatic rings. The Hall–Kier alpha value is -1.91. The van der Waals surface area contributed by atoms with Crippen LogP contribution in [-0.2, 0) is 17.6 Å². The lowest BCUT2D eigenvalue weighted by Gasteiger charge is -2.37. The maximum atomic E-state index is 12.5. The minimum absolute atomic E-state index is 0.211. The molecule has 0 spiro atoms. The Morgan fingerprint density at radius 3 is 2.43 bits per heavy atom. The monoisotopic (exact) mass is 388 g/mol. The van der Waals surface area contributed by atoms with Crippen molar-refractivity contribution in [2.24, 2.45) is 0 Å². The van der Waals surface area contributed by atoms with Crippen molar-refractivity contribution < 1.29 is 14.3 Å². The third kappa shape index (κ3) is 4.92. The van der Waals surface area contributed by atoms with Crippen molar-refractivity contribution in [3.05, 3.63) is 23.3 Å². The number of rotatable bonds is 4. The second-order valence-electron chi connectivity index (χ2n) is 9.03. The van der Waals surface area contributed by atoms with E-state index in [2.05, 4.69) is 30.9 Å². The summed E-state index contributed by atoms with van der Waals surface area (Å²) in [4.78, 5) is 16.8. The fourth-order valence-electron chi connectivity index (χ4n) is 4.11. The van der Waals surface area contributed by atoms with Crippen LogP contribution in [0, 0.1) is 0 Å². The number of carbonyl (C=O) groups excluding carboxylic acids is 1. The molecule has 0 radical (unpaired) electrons. The number of nitrogens with zero attached hydrogens (tertiary/aromatic N) is 2. The molecule has 1 amide bonds. The van der Waals surface area contributed by atoms with E-state index in [0.29, 0.717) is 13.1 Å². The molecule has 2 aliphatic heterocycles. The number of hydrogen-bond donors (Lipinski definition) is 0. The van der Waals surface area contributed by atoms with Crippen molar-refractivity contribution in [2.75, 3.05) is 31.1 Å². The van der Waals surface area contributed by atoms with E-state index in [1.807, 2.05) is 25.7 Å². The van der Waals surface area contributed by atoms with E-state index >= 15 is 0 Å². The molecule has 5 heteroatoms. The largest absolute Gasteiger partial charge is 0.486 e. The van der Waals surface area contributed by atoms with Crippen LogP contribution >= 0.6 is 0 Å². The van der Waals surface area contributed by atoms with Gasteiger partial charge in [0.15, 0.2) is 0 Å². The highest BCUT2D eigenvalue weighted by molar-refractivity contribution is 5.69. The molecule has 1 aromatic rings. The van der Waals surface area contributed by atoms with Crippen LogP contribution in [0.15, 0.2) is 12.1 Å². The van der Waals surface area contributed by atoms with Gasteiger partial charge in [0.05, 0.1) is 12.2 Å². The molecular weight excluding hydrogens is 352 g/mol. The maximum Gasteiger partial charge on any atom is 0.410 e. The van der Waals surface area contributed by atoms with Crippen LogP contribution in [-0.4, -0.2) is 48.9 Å². The SMILES string of the molecule is CCCC1CN(CCC)c2cc3c(cc2O1)CCN(C(=O)OC(C)(C)C)CC3. The molecule has 0 saturated carbocycles. The van der Waals surface area contributed by atoms with Crippen molar-refractivity contribution in [1.82, 2.24) is 4.90 Å². The van der Waals surface area contributed by atoms with E-state index < -0.39 is 5.60 Å². The topological polar surface area (TPSA) is 42.0 Å². The molecule has 0 bridgehead atoms. The third-order valence-electron chi connectivity index (χ3n) is 5.40. The van der Waals surface area contributed by atoms with Crippen LogP contribution in [0.25, 0.3) is 0 Å². The summed E-state index contributed by atoms with van der Waals surface area (Å²) < 4.78 is 11.9. The Balaban J connectivity index is 1.80. The Bertz CT molecular complexity index is 696. The molecular formula is C23H36N2O3. The Morgan fingerprint density at radius 2 is 1.82 bits per heavy atom. The predicted molar refractivity (Wildman–Crippen MR) is 113 cm³/mol. The zero-order valence-corrected chi connectivity index (χ0v) is 18.2. The summed E-state index contributed by atoms with van der Waals surface area (Å²) in [6, 6.07) is 4.54. The first kappa shape index (κ1) is 20.8. The van der Waals surface area contributed by atoms with E-state index in [1.165, 1.54) is 16.8 Å². The highest BCUT2D eigenvalue weighted by Gasteiger charge is 2.29. The lowest BCUT2D eigenvalue weighted by Crippen LogP contribution is -2.40. The summed E-state index contributed by atoms with van der Waals surface area (Å²) in [7, 11) is 0. The summed E-state index contributed by atoms with van der Waals surface area (Å²) in [5.74, 6) is 1.02. The molecule has 156 valence electrons. The van der Waals surface area contributed by atoms with Crippen molar-refractivity contribution in [3.63, 3.8) is 0 Å². The maximum absolute atomic E-state index is 12.5. The Morgan fingerprint density at radius 1 is 1.14 bits per heavy atom. The Kier molecular flexibility index (Phi) is 6.41. The lowest BCUT2D eigenvalue weighted by atomic mass is 9.99.